The molecule has 0 saturated carbocycles. The zero-order chi connectivity index (χ0) is 18.2. The first-order chi connectivity index (χ1) is 11.9. The van der Waals surface area contributed by atoms with E-state index < -0.39 is 5.41 Å². The lowest BCUT2D eigenvalue weighted by Gasteiger charge is -2.27. The van der Waals surface area contributed by atoms with Crippen LogP contribution in [-0.4, -0.2) is 23.4 Å². The van der Waals surface area contributed by atoms with Crippen LogP contribution in [0.25, 0.3) is 16.6 Å². The molecule has 0 saturated heterocycles. The van der Waals surface area contributed by atoms with E-state index in [0.717, 1.165) is 22.3 Å². The molecule has 3 rings (SSSR count). The Hall–Kier alpha value is -2.20. The first-order valence-corrected chi connectivity index (χ1v) is 8.93. The van der Waals surface area contributed by atoms with E-state index in [1.807, 2.05) is 6.92 Å². The predicted molar refractivity (Wildman–Crippen MR) is 106 cm³/mol. The van der Waals surface area contributed by atoms with Gasteiger partial charge in [-0.05, 0) is 51.1 Å². The van der Waals surface area contributed by atoms with Crippen LogP contribution in [0.1, 0.15) is 23.7 Å². The van der Waals surface area contributed by atoms with Gasteiger partial charge in [-0.1, -0.05) is 29.3 Å². The van der Waals surface area contributed by atoms with Gasteiger partial charge in [-0.3, -0.25) is 4.79 Å². The van der Waals surface area contributed by atoms with Gasteiger partial charge in [0.1, 0.15) is 5.41 Å². The highest BCUT2D eigenvalue weighted by Crippen LogP contribution is 2.35. The van der Waals surface area contributed by atoms with Crippen LogP contribution < -0.4 is 0 Å². The Morgan fingerprint density at radius 1 is 1.08 bits per heavy atom. The molecule has 1 unspecified atom stereocenters. The molecule has 0 spiro atoms. The summed E-state index contributed by atoms with van der Waals surface area (Å²) in [6.45, 7) is 6.02. The van der Waals surface area contributed by atoms with Gasteiger partial charge in [0.2, 0.25) is 0 Å². The predicted octanol–water partition coefficient (Wildman–Crippen LogP) is 4.61. The normalized spacial score (nSPS) is 13.6. The van der Waals surface area contributed by atoms with Crippen LogP contribution in [0.4, 0.5) is 0 Å². The van der Waals surface area contributed by atoms with E-state index in [2.05, 4.69) is 79.6 Å². The average molecular weight is 353 g/mol. The number of hydrogen-bond acceptors (Lipinski definition) is 3. The molecular formula is C21H23NO2S. The van der Waals surface area contributed by atoms with Gasteiger partial charge in [-0.25, -0.2) is 0 Å². The van der Waals surface area contributed by atoms with Crippen LogP contribution in [0.5, 0.6) is 0 Å². The summed E-state index contributed by atoms with van der Waals surface area (Å²) in [7, 11) is 1.42. The van der Waals surface area contributed by atoms with Crippen molar-refractivity contribution < 1.29 is 9.53 Å². The van der Waals surface area contributed by atoms with E-state index >= 15 is 0 Å². The Morgan fingerprint density at radius 3 is 2.32 bits per heavy atom. The Balaban J connectivity index is 2.36. The van der Waals surface area contributed by atoms with Crippen molar-refractivity contribution in [3.8, 4) is 5.69 Å². The maximum absolute atomic E-state index is 12.6. The molecule has 0 radical (unpaired) electrons. The molecule has 3 aromatic rings. The second kappa shape index (κ2) is 6.60. The number of hydrogen-bond donors (Lipinski definition) is 1. The molecule has 130 valence electrons. The number of thiol groups is 1. The van der Waals surface area contributed by atoms with Gasteiger partial charge in [0.25, 0.3) is 0 Å². The number of fused-ring (bicyclic) bond motifs is 1. The number of methoxy groups -OCH3 is 1. The summed E-state index contributed by atoms with van der Waals surface area (Å²) >= 11 is 4.47. The number of aryl methyl sites for hydroxylation is 2. The summed E-state index contributed by atoms with van der Waals surface area (Å²) in [5.41, 5.74) is 4.53. The molecule has 4 heteroatoms. The van der Waals surface area contributed by atoms with Gasteiger partial charge in [0.05, 0.1) is 12.6 Å². The molecule has 3 nitrogen and oxygen atoms in total. The molecule has 25 heavy (non-hydrogen) atoms. The molecular weight excluding hydrogens is 330 g/mol. The Labute approximate surface area is 154 Å². The second-order valence-corrected chi connectivity index (χ2v) is 7.06. The molecule has 0 amide bonds. The first-order valence-electron chi connectivity index (χ1n) is 8.29. The molecule has 0 N–H and O–H groups in total. The molecule has 0 fully saturated rings. The molecule has 1 heterocycles. The van der Waals surface area contributed by atoms with Crippen molar-refractivity contribution in [3.05, 3.63) is 65.4 Å². The van der Waals surface area contributed by atoms with Crippen molar-refractivity contribution in [2.75, 3.05) is 12.9 Å². The smallest absolute Gasteiger partial charge is 0.318 e. The third-order valence-corrected chi connectivity index (χ3v) is 5.40. The van der Waals surface area contributed by atoms with Crippen molar-refractivity contribution in [1.29, 1.82) is 0 Å². The van der Waals surface area contributed by atoms with Gasteiger partial charge in [0, 0.05) is 22.5 Å². The largest absolute Gasteiger partial charge is 0.468 e. The number of aromatic nitrogens is 1. The van der Waals surface area contributed by atoms with Gasteiger partial charge in [0.15, 0.2) is 0 Å². The first kappa shape index (κ1) is 17.6. The van der Waals surface area contributed by atoms with Gasteiger partial charge >= 0.3 is 5.97 Å². The quantitative estimate of drug-likeness (QED) is 0.549. The summed E-state index contributed by atoms with van der Waals surface area (Å²) < 4.78 is 7.23. The molecule has 1 atom stereocenters. The lowest BCUT2D eigenvalue weighted by atomic mass is 9.88. The molecule has 2 aromatic carbocycles. The Morgan fingerprint density at radius 2 is 1.72 bits per heavy atom. The SMILES string of the molecule is COC(=O)C(C)(CS)c1cc2cc(C)ccc2n1-c1ccc(C)cc1. The van der Waals surface area contributed by atoms with Gasteiger partial charge < -0.3 is 9.30 Å². The minimum Gasteiger partial charge on any atom is -0.468 e. The Bertz CT molecular complexity index is 927. The van der Waals surface area contributed by atoms with Crippen LogP contribution in [0.15, 0.2) is 48.5 Å². The minimum atomic E-state index is -0.838. The highest BCUT2D eigenvalue weighted by molar-refractivity contribution is 7.80. The van der Waals surface area contributed by atoms with E-state index in [1.165, 1.54) is 18.2 Å². The number of nitrogens with zero attached hydrogens (tertiary/aromatic N) is 1. The van der Waals surface area contributed by atoms with Crippen LogP contribution >= 0.6 is 12.6 Å². The fraction of sp³-hybridized carbons (Fsp3) is 0.286. The summed E-state index contributed by atoms with van der Waals surface area (Å²) in [6, 6.07) is 16.7. The van der Waals surface area contributed by atoms with E-state index in [0.29, 0.717) is 5.75 Å². The lowest BCUT2D eigenvalue weighted by molar-refractivity contribution is -0.146. The fourth-order valence-corrected chi connectivity index (χ4v) is 3.48. The van der Waals surface area contributed by atoms with Crippen LogP contribution in [-0.2, 0) is 14.9 Å². The molecule has 0 aliphatic rings. The zero-order valence-corrected chi connectivity index (χ0v) is 15.9. The van der Waals surface area contributed by atoms with Crippen LogP contribution in [0.2, 0.25) is 0 Å². The second-order valence-electron chi connectivity index (χ2n) is 6.74. The maximum Gasteiger partial charge on any atom is 0.318 e. The number of ether oxygens (including phenoxy) is 1. The van der Waals surface area contributed by atoms with Gasteiger partial charge in [-0.15, -0.1) is 0 Å². The van der Waals surface area contributed by atoms with Crippen molar-refractivity contribution in [2.24, 2.45) is 0 Å². The van der Waals surface area contributed by atoms with Crippen molar-refractivity contribution >= 4 is 29.5 Å². The lowest BCUT2D eigenvalue weighted by Crippen LogP contribution is -2.37. The van der Waals surface area contributed by atoms with Gasteiger partial charge in [-0.2, -0.15) is 12.6 Å². The number of carbonyl (C=O) groups is 1. The van der Waals surface area contributed by atoms with Crippen molar-refractivity contribution in [2.45, 2.75) is 26.2 Å². The fourth-order valence-electron chi connectivity index (χ4n) is 3.19. The standard InChI is InChI=1S/C21H23NO2S/c1-14-5-8-17(9-6-14)22-18-10-7-15(2)11-16(18)12-19(22)21(3,13-25)20(23)24-4/h5-12,25H,13H2,1-4H3. The average Bonchev–Trinajstić information content (AvgIpc) is 2.99. The molecule has 0 aliphatic heterocycles. The number of carbonyl (C=O) groups excluding carboxylic acids is 1. The summed E-state index contributed by atoms with van der Waals surface area (Å²) in [5.74, 6) is 0.0799. The molecule has 1 aromatic heterocycles. The number of rotatable bonds is 4. The van der Waals surface area contributed by atoms with E-state index in [9.17, 15) is 4.79 Å². The highest BCUT2D eigenvalue weighted by Gasteiger charge is 2.38. The highest BCUT2D eigenvalue weighted by atomic mass is 32.1. The Kier molecular flexibility index (Phi) is 4.65. The monoisotopic (exact) mass is 353 g/mol. The zero-order valence-electron chi connectivity index (χ0n) is 15.0. The van der Waals surface area contributed by atoms with E-state index in [-0.39, 0.29) is 5.97 Å². The summed E-state index contributed by atoms with van der Waals surface area (Å²) in [5, 5.41) is 1.10. The summed E-state index contributed by atoms with van der Waals surface area (Å²) in [4.78, 5) is 12.6. The maximum atomic E-state index is 12.6. The summed E-state index contributed by atoms with van der Waals surface area (Å²) in [6.07, 6.45) is 0. The van der Waals surface area contributed by atoms with Crippen molar-refractivity contribution in [1.82, 2.24) is 4.57 Å². The minimum absolute atomic E-state index is 0.282. The third kappa shape index (κ3) is 2.95. The third-order valence-electron chi connectivity index (χ3n) is 4.77. The van der Waals surface area contributed by atoms with Crippen LogP contribution in [0, 0.1) is 13.8 Å². The number of esters is 1. The molecule has 0 bridgehead atoms. The number of benzene rings is 2. The molecule has 0 aliphatic carbocycles. The van der Waals surface area contributed by atoms with E-state index in [1.54, 1.807) is 0 Å². The van der Waals surface area contributed by atoms with E-state index in [4.69, 9.17) is 4.74 Å². The van der Waals surface area contributed by atoms with Crippen molar-refractivity contribution in [3.63, 3.8) is 0 Å². The van der Waals surface area contributed by atoms with Crippen LogP contribution in [0.3, 0.4) is 0 Å². The topological polar surface area (TPSA) is 31.2 Å².